The highest BCUT2D eigenvalue weighted by atomic mass is 127. The molecule has 2 rings (SSSR count). The fraction of sp³-hybridized carbons (Fsp3) is 0. The molecule has 0 saturated heterocycles. The van der Waals surface area contributed by atoms with Gasteiger partial charge in [-0.05, 0) is 34.7 Å². The second-order valence-electron chi connectivity index (χ2n) is 3.06. The number of benzene rings is 1. The Labute approximate surface area is 109 Å². The molecule has 2 aromatic rings. The molecule has 0 aliphatic rings. The van der Waals surface area contributed by atoms with Crippen molar-refractivity contribution in [1.82, 2.24) is 4.98 Å². The van der Waals surface area contributed by atoms with Crippen molar-refractivity contribution in [2.75, 3.05) is 0 Å². The van der Waals surface area contributed by atoms with E-state index in [0.717, 1.165) is 0 Å². The number of carbonyl (C=O) groups is 1. The van der Waals surface area contributed by atoms with Crippen molar-refractivity contribution < 1.29 is 15.0 Å². The van der Waals surface area contributed by atoms with Gasteiger partial charge >= 0.3 is 5.97 Å². The average molecular weight is 350 g/mol. The molecule has 1 aromatic carbocycles. The van der Waals surface area contributed by atoms with Gasteiger partial charge in [-0.25, -0.2) is 9.78 Å². The number of aromatic nitrogens is 1. The predicted molar refractivity (Wildman–Crippen MR) is 68.1 cm³/mol. The SMILES string of the molecule is O=C(O)c1nc2cccc(Cl)c2c(I)c1O. The van der Waals surface area contributed by atoms with Gasteiger partial charge in [0.25, 0.3) is 0 Å². The molecule has 0 fully saturated rings. The topological polar surface area (TPSA) is 70.4 Å². The lowest BCUT2D eigenvalue weighted by Crippen LogP contribution is -2.02. The zero-order valence-corrected chi connectivity index (χ0v) is 10.7. The molecule has 2 N–H and O–H groups in total. The van der Waals surface area contributed by atoms with Gasteiger partial charge in [-0.15, -0.1) is 0 Å². The van der Waals surface area contributed by atoms with Crippen LogP contribution in [0.3, 0.4) is 0 Å². The monoisotopic (exact) mass is 349 g/mol. The summed E-state index contributed by atoms with van der Waals surface area (Å²) < 4.78 is 0.394. The molecule has 6 heteroatoms. The maximum atomic E-state index is 10.8. The molecule has 1 heterocycles. The standard InChI is InChI=1S/C10H5ClINO3/c11-4-2-1-3-5-6(4)7(12)9(14)8(13-5)10(15)16/h1-3,14H,(H,15,16). The van der Waals surface area contributed by atoms with E-state index in [1.54, 1.807) is 18.2 Å². The van der Waals surface area contributed by atoms with Crippen molar-refractivity contribution in [2.45, 2.75) is 0 Å². The van der Waals surface area contributed by atoms with Crippen molar-refractivity contribution in [3.63, 3.8) is 0 Å². The summed E-state index contributed by atoms with van der Waals surface area (Å²) in [7, 11) is 0. The highest BCUT2D eigenvalue weighted by Crippen LogP contribution is 2.34. The molecule has 0 aliphatic carbocycles. The first-order chi connectivity index (χ1) is 7.52. The van der Waals surface area contributed by atoms with Crippen LogP contribution < -0.4 is 0 Å². The quantitative estimate of drug-likeness (QED) is 0.777. The Kier molecular flexibility index (Phi) is 2.90. The van der Waals surface area contributed by atoms with E-state index < -0.39 is 5.97 Å². The number of pyridine rings is 1. The fourth-order valence-electron chi connectivity index (χ4n) is 1.37. The van der Waals surface area contributed by atoms with E-state index in [0.29, 0.717) is 19.5 Å². The van der Waals surface area contributed by atoms with Gasteiger partial charge in [0.05, 0.1) is 14.1 Å². The second-order valence-corrected chi connectivity index (χ2v) is 4.55. The molecule has 16 heavy (non-hydrogen) atoms. The number of halogens is 2. The normalized spacial score (nSPS) is 10.6. The van der Waals surface area contributed by atoms with Crippen molar-refractivity contribution >= 4 is 51.1 Å². The van der Waals surface area contributed by atoms with Crippen LogP contribution in [0.2, 0.25) is 5.02 Å². The van der Waals surface area contributed by atoms with E-state index in [1.165, 1.54) is 0 Å². The number of rotatable bonds is 1. The molecule has 1 aromatic heterocycles. The summed E-state index contributed by atoms with van der Waals surface area (Å²) in [5, 5.41) is 19.5. The molecular formula is C10H5ClINO3. The van der Waals surface area contributed by atoms with E-state index >= 15 is 0 Å². The second kappa shape index (κ2) is 4.06. The number of aromatic hydroxyl groups is 1. The first-order valence-electron chi connectivity index (χ1n) is 4.22. The maximum absolute atomic E-state index is 10.8. The summed E-state index contributed by atoms with van der Waals surface area (Å²) in [4.78, 5) is 14.7. The van der Waals surface area contributed by atoms with Gasteiger partial charge < -0.3 is 10.2 Å². The third-order valence-electron chi connectivity index (χ3n) is 2.08. The van der Waals surface area contributed by atoms with E-state index in [1.807, 2.05) is 22.6 Å². The minimum absolute atomic E-state index is 0.353. The Hall–Kier alpha value is -1.08. The summed E-state index contributed by atoms with van der Waals surface area (Å²) >= 11 is 7.81. The number of hydrogen-bond donors (Lipinski definition) is 2. The third kappa shape index (κ3) is 1.69. The Morgan fingerprint density at radius 1 is 1.44 bits per heavy atom. The lowest BCUT2D eigenvalue weighted by atomic mass is 10.2. The van der Waals surface area contributed by atoms with Crippen LogP contribution in [0.1, 0.15) is 10.5 Å². The number of carboxylic acids is 1. The highest BCUT2D eigenvalue weighted by molar-refractivity contribution is 14.1. The van der Waals surface area contributed by atoms with Crippen LogP contribution in [-0.2, 0) is 0 Å². The number of fused-ring (bicyclic) bond motifs is 1. The lowest BCUT2D eigenvalue weighted by Gasteiger charge is -2.07. The predicted octanol–water partition coefficient (Wildman–Crippen LogP) is 2.90. The van der Waals surface area contributed by atoms with Crippen molar-refractivity contribution in [2.24, 2.45) is 0 Å². The first kappa shape index (κ1) is 11.4. The van der Waals surface area contributed by atoms with Crippen LogP contribution in [-0.4, -0.2) is 21.2 Å². The Morgan fingerprint density at radius 3 is 2.75 bits per heavy atom. The Balaban J connectivity index is 2.94. The number of aromatic carboxylic acids is 1. The van der Waals surface area contributed by atoms with Crippen molar-refractivity contribution in [3.05, 3.63) is 32.5 Å². The summed E-state index contributed by atoms with van der Waals surface area (Å²) in [6.07, 6.45) is 0. The van der Waals surface area contributed by atoms with Gasteiger partial charge in [-0.2, -0.15) is 0 Å². The summed E-state index contributed by atoms with van der Waals surface area (Å²) in [6, 6.07) is 4.99. The zero-order valence-electron chi connectivity index (χ0n) is 7.74. The molecule has 0 bridgehead atoms. The molecule has 0 saturated carbocycles. The van der Waals surface area contributed by atoms with E-state index in [2.05, 4.69) is 4.98 Å². The fourth-order valence-corrected chi connectivity index (χ4v) is 2.61. The molecule has 0 atom stereocenters. The summed E-state index contributed by atoms with van der Waals surface area (Å²) in [5.74, 6) is -1.62. The van der Waals surface area contributed by atoms with Crippen molar-refractivity contribution in [3.8, 4) is 5.75 Å². The molecule has 0 radical (unpaired) electrons. The summed E-state index contributed by atoms with van der Waals surface area (Å²) in [5.41, 5.74) is 0.0891. The number of nitrogens with zero attached hydrogens (tertiary/aromatic N) is 1. The Bertz CT molecular complexity index is 600. The molecule has 4 nitrogen and oxygen atoms in total. The van der Waals surface area contributed by atoms with Gasteiger partial charge in [0.15, 0.2) is 11.4 Å². The average Bonchev–Trinajstić information content (AvgIpc) is 2.22. The lowest BCUT2D eigenvalue weighted by molar-refractivity contribution is 0.0687. The largest absolute Gasteiger partial charge is 0.504 e. The van der Waals surface area contributed by atoms with Crippen LogP contribution in [0.25, 0.3) is 10.9 Å². The van der Waals surface area contributed by atoms with Gasteiger partial charge in [0, 0.05) is 5.39 Å². The van der Waals surface area contributed by atoms with Gasteiger partial charge in [-0.1, -0.05) is 17.7 Å². The van der Waals surface area contributed by atoms with Gasteiger partial charge in [-0.3, -0.25) is 0 Å². The van der Waals surface area contributed by atoms with E-state index in [-0.39, 0.29) is 11.4 Å². The van der Waals surface area contributed by atoms with Crippen molar-refractivity contribution in [1.29, 1.82) is 0 Å². The van der Waals surface area contributed by atoms with E-state index in [4.69, 9.17) is 16.7 Å². The zero-order chi connectivity index (χ0) is 11.9. The smallest absolute Gasteiger partial charge is 0.358 e. The first-order valence-corrected chi connectivity index (χ1v) is 5.68. The molecule has 0 spiro atoms. The van der Waals surface area contributed by atoms with Gasteiger partial charge in [0.2, 0.25) is 0 Å². The van der Waals surface area contributed by atoms with Crippen LogP contribution in [0.4, 0.5) is 0 Å². The molecule has 0 aliphatic heterocycles. The van der Waals surface area contributed by atoms with Crippen LogP contribution in [0.5, 0.6) is 5.75 Å². The third-order valence-corrected chi connectivity index (χ3v) is 3.44. The molecular weight excluding hydrogens is 344 g/mol. The van der Waals surface area contributed by atoms with Crippen LogP contribution in [0, 0.1) is 3.57 Å². The molecule has 0 amide bonds. The summed E-state index contributed by atoms with van der Waals surface area (Å²) in [6.45, 7) is 0. The van der Waals surface area contributed by atoms with Crippen LogP contribution >= 0.6 is 34.2 Å². The number of hydrogen-bond acceptors (Lipinski definition) is 3. The minimum atomic E-state index is -1.27. The molecule has 82 valence electrons. The Morgan fingerprint density at radius 2 is 2.12 bits per heavy atom. The van der Waals surface area contributed by atoms with Gasteiger partial charge in [0.1, 0.15) is 0 Å². The highest BCUT2D eigenvalue weighted by Gasteiger charge is 2.18. The minimum Gasteiger partial charge on any atom is -0.504 e. The number of carboxylic acid groups (broad SMARTS) is 1. The maximum Gasteiger partial charge on any atom is 0.358 e. The molecule has 0 unspecified atom stereocenters. The van der Waals surface area contributed by atoms with E-state index in [9.17, 15) is 9.90 Å². The van der Waals surface area contributed by atoms with Crippen LogP contribution in [0.15, 0.2) is 18.2 Å².